The van der Waals surface area contributed by atoms with E-state index in [-0.39, 0.29) is 11.9 Å². The van der Waals surface area contributed by atoms with Gasteiger partial charge in [0.15, 0.2) is 5.82 Å². The van der Waals surface area contributed by atoms with Crippen molar-refractivity contribution in [2.45, 2.75) is 39.4 Å². The largest absolute Gasteiger partial charge is 0.386 e. The monoisotopic (exact) mass is 408 g/mol. The molecular weight excluding hydrogens is 384 g/mol. The summed E-state index contributed by atoms with van der Waals surface area (Å²) in [6.07, 6.45) is 0.777. The first-order valence-corrected chi connectivity index (χ1v) is 9.64. The van der Waals surface area contributed by atoms with Crippen LogP contribution in [0.1, 0.15) is 49.6 Å². The Kier molecular flexibility index (Phi) is 4.79. The summed E-state index contributed by atoms with van der Waals surface area (Å²) in [4.78, 5) is 8.19. The third kappa shape index (κ3) is 3.31. The first kappa shape index (κ1) is 20.0. The number of aromatic nitrogens is 5. The summed E-state index contributed by atoms with van der Waals surface area (Å²) >= 11 is 0. The van der Waals surface area contributed by atoms with Crippen LogP contribution in [-0.2, 0) is 5.60 Å². The number of fused-ring (bicyclic) bond motifs is 1. The third-order valence-corrected chi connectivity index (χ3v) is 5.19. The fraction of sp³-hybridized carbons (Fsp3) is 0.333. The molecule has 3 heterocycles. The zero-order valence-electron chi connectivity index (χ0n) is 17.2. The van der Waals surface area contributed by atoms with Crippen LogP contribution >= 0.6 is 0 Å². The summed E-state index contributed by atoms with van der Waals surface area (Å²) in [6, 6.07) is 8.81. The average molecular weight is 408 g/mol. The molecule has 0 saturated carbocycles. The zero-order chi connectivity index (χ0) is 21.6. The van der Waals surface area contributed by atoms with Crippen LogP contribution in [0.15, 0.2) is 41.1 Å². The molecule has 2 unspecified atom stereocenters. The molecule has 1 aromatic carbocycles. The molecule has 0 spiro atoms. The van der Waals surface area contributed by atoms with Crippen LogP contribution in [0.25, 0.3) is 16.7 Å². The van der Waals surface area contributed by atoms with Gasteiger partial charge in [0.1, 0.15) is 23.2 Å². The van der Waals surface area contributed by atoms with Gasteiger partial charge in [-0.2, -0.15) is 10.1 Å². The molecular formula is C21H24N6O3. The van der Waals surface area contributed by atoms with Crippen molar-refractivity contribution < 1.29 is 14.7 Å². The number of aryl methyl sites for hydroxylation is 1. The van der Waals surface area contributed by atoms with Gasteiger partial charge in [0.2, 0.25) is 5.95 Å². The number of nitrogens with zero attached hydrogens (tertiary/aromatic N) is 5. The van der Waals surface area contributed by atoms with Gasteiger partial charge in [-0.15, -0.1) is 0 Å². The maximum absolute atomic E-state index is 11.2. The molecule has 0 aliphatic heterocycles. The highest BCUT2D eigenvalue weighted by Gasteiger charge is 2.31. The predicted molar refractivity (Wildman–Crippen MR) is 111 cm³/mol. The number of rotatable bonds is 5. The maximum Gasteiger partial charge on any atom is 0.221 e. The molecule has 0 saturated heterocycles. The van der Waals surface area contributed by atoms with Crippen LogP contribution in [0.4, 0.5) is 5.95 Å². The van der Waals surface area contributed by atoms with E-state index in [1.165, 1.54) is 0 Å². The molecule has 0 radical (unpaired) electrons. The number of aliphatic hydroxyl groups is 2. The van der Waals surface area contributed by atoms with Crippen LogP contribution in [0.2, 0.25) is 0 Å². The van der Waals surface area contributed by atoms with Crippen LogP contribution in [0, 0.1) is 12.8 Å². The summed E-state index contributed by atoms with van der Waals surface area (Å²) in [6.45, 7) is 7.26. The van der Waals surface area contributed by atoms with E-state index in [1.54, 1.807) is 49.0 Å². The highest BCUT2D eigenvalue weighted by Crippen LogP contribution is 2.35. The van der Waals surface area contributed by atoms with E-state index < -0.39 is 11.7 Å². The number of aliphatic hydroxyl groups excluding tert-OH is 1. The quantitative estimate of drug-likeness (QED) is 0.458. The lowest BCUT2D eigenvalue weighted by atomic mass is 9.91. The number of nitrogen functional groups attached to an aromatic ring is 1. The molecule has 0 bridgehead atoms. The van der Waals surface area contributed by atoms with Gasteiger partial charge in [-0.25, -0.2) is 9.67 Å². The average Bonchev–Trinajstić information content (AvgIpc) is 3.31. The first-order valence-electron chi connectivity index (χ1n) is 9.64. The Morgan fingerprint density at radius 1 is 1.20 bits per heavy atom. The highest BCUT2D eigenvalue weighted by atomic mass is 16.5. The van der Waals surface area contributed by atoms with Gasteiger partial charge in [0.05, 0.1) is 11.2 Å². The fourth-order valence-electron chi connectivity index (χ4n) is 3.38. The van der Waals surface area contributed by atoms with Crippen LogP contribution in [0.5, 0.6) is 0 Å². The van der Waals surface area contributed by atoms with Gasteiger partial charge in [0.25, 0.3) is 0 Å². The zero-order valence-corrected chi connectivity index (χ0v) is 17.2. The van der Waals surface area contributed by atoms with E-state index in [1.807, 2.05) is 19.9 Å². The molecule has 0 fully saturated rings. The fourth-order valence-corrected chi connectivity index (χ4v) is 3.38. The molecule has 9 heteroatoms. The van der Waals surface area contributed by atoms with Crippen molar-refractivity contribution in [2.24, 2.45) is 5.92 Å². The summed E-state index contributed by atoms with van der Waals surface area (Å²) in [7, 11) is 0. The SMILES string of the molecule is Cc1cc(C(C)(O)c2ccc3c(C(O)C(C)C)nn(-c4ccnc(N)n4)c3c2)no1. The Bertz CT molecular complexity index is 1210. The molecule has 2 atom stereocenters. The Morgan fingerprint density at radius 3 is 2.60 bits per heavy atom. The van der Waals surface area contributed by atoms with E-state index >= 15 is 0 Å². The second kappa shape index (κ2) is 7.19. The van der Waals surface area contributed by atoms with Crippen molar-refractivity contribution in [1.82, 2.24) is 24.9 Å². The van der Waals surface area contributed by atoms with E-state index in [4.69, 9.17) is 10.3 Å². The Balaban J connectivity index is 1.94. The van der Waals surface area contributed by atoms with Gasteiger partial charge < -0.3 is 20.5 Å². The molecule has 3 aromatic heterocycles. The van der Waals surface area contributed by atoms with E-state index in [0.717, 1.165) is 5.39 Å². The Labute approximate surface area is 173 Å². The number of hydrogen-bond acceptors (Lipinski definition) is 8. The van der Waals surface area contributed by atoms with Gasteiger partial charge in [0, 0.05) is 23.7 Å². The minimum atomic E-state index is -1.39. The van der Waals surface area contributed by atoms with Gasteiger partial charge in [-0.05, 0) is 31.4 Å². The van der Waals surface area contributed by atoms with Crippen molar-refractivity contribution in [3.05, 3.63) is 59.2 Å². The molecule has 9 nitrogen and oxygen atoms in total. The molecule has 0 aliphatic carbocycles. The van der Waals surface area contributed by atoms with Crippen LogP contribution in [-0.4, -0.2) is 35.1 Å². The van der Waals surface area contributed by atoms with Gasteiger partial charge in [-0.1, -0.05) is 31.1 Å². The summed E-state index contributed by atoms with van der Waals surface area (Å²) in [5, 5.41) is 31.3. The van der Waals surface area contributed by atoms with Gasteiger partial charge >= 0.3 is 0 Å². The van der Waals surface area contributed by atoms with Crippen LogP contribution < -0.4 is 5.73 Å². The van der Waals surface area contributed by atoms with Crippen molar-refractivity contribution in [2.75, 3.05) is 5.73 Å². The van der Waals surface area contributed by atoms with Crippen molar-refractivity contribution in [3.8, 4) is 5.82 Å². The van der Waals surface area contributed by atoms with E-state index in [0.29, 0.717) is 34.0 Å². The lowest BCUT2D eigenvalue weighted by molar-refractivity contribution is 0.0933. The van der Waals surface area contributed by atoms with Crippen molar-refractivity contribution >= 4 is 16.9 Å². The maximum atomic E-state index is 11.2. The molecule has 4 rings (SSSR count). The number of nitrogens with two attached hydrogens (primary N) is 1. The molecule has 30 heavy (non-hydrogen) atoms. The molecule has 156 valence electrons. The third-order valence-electron chi connectivity index (χ3n) is 5.19. The molecule has 4 aromatic rings. The number of benzene rings is 1. The summed E-state index contributed by atoms with van der Waals surface area (Å²) in [5.41, 5.74) is 6.57. The molecule has 0 amide bonds. The van der Waals surface area contributed by atoms with Crippen LogP contribution in [0.3, 0.4) is 0 Å². The van der Waals surface area contributed by atoms with E-state index in [9.17, 15) is 10.2 Å². The minimum Gasteiger partial charge on any atom is -0.386 e. The second-order valence-electron chi connectivity index (χ2n) is 7.89. The highest BCUT2D eigenvalue weighted by molar-refractivity contribution is 5.84. The number of hydrogen-bond donors (Lipinski definition) is 3. The van der Waals surface area contributed by atoms with Crippen molar-refractivity contribution in [3.63, 3.8) is 0 Å². The Morgan fingerprint density at radius 2 is 1.97 bits per heavy atom. The van der Waals surface area contributed by atoms with E-state index in [2.05, 4.69) is 20.2 Å². The molecule has 0 aliphatic rings. The predicted octanol–water partition coefficient (Wildman–Crippen LogP) is 2.64. The lowest BCUT2D eigenvalue weighted by Gasteiger charge is -2.21. The van der Waals surface area contributed by atoms with Crippen molar-refractivity contribution in [1.29, 1.82) is 0 Å². The smallest absolute Gasteiger partial charge is 0.221 e. The molecule has 4 N–H and O–H groups in total. The normalized spacial score (nSPS) is 14.9. The topological polar surface area (TPSA) is 136 Å². The standard InChI is InChI=1S/C21H24N6O3/c1-11(2)19(28)18-14-6-5-13(21(4,29)16-9-12(3)30-26-16)10-15(14)27(25-18)17-7-8-23-20(22)24-17/h5-11,19,28-29H,1-4H3,(H2,22,23,24). The first-order chi connectivity index (χ1) is 14.2. The number of anilines is 1. The Hall–Kier alpha value is -3.30. The second-order valence-corrected chi connectivity index (χ2v) is 7.89. The lowest BCUT2D eigenvalue weighted by Crippen LogP contribution is -2.23. The summed E-state index contributed by atoms with van der Waals surface area (Å²) in [5.74, 6) is 1.15. The summed E-state index contributed by atoms with van der Waals surface area (Å²) < 4.78 is 6.74. The van der Waals surface area contributed by atoms with Gasteiger partial charge in [-0.3, -0.25) is 0 Å². The minimum absolute atomic E-state index is 0.0343.